The van der Waals surface area contributed by atoms with Crippen LogP contribution in [-0.4, -0.2) is 27.7 Å². The number of hydrogen-bond acceptors (Lipinski definition) is 6. The fourth-order valence-electron chi connectivity index (χ4n) is 2.10. The quantitative estimate of drug-likeness (QED) is 0.739. The van der Waals surface area contributed by atoms with Gasteiger partial charge in [0.25, 0.3) is 0 Å². The smallest absolute Gasteiger partial charge is 0.360 e. The highest BCUT2D eigenvalue weighted by atomic mass is 19.1. The Kier molecular flexibility index (Phi) is 4.24. The van der Waals surface area contributed by atoms with Crippen molar-refractivity contribution in [1.29, 1.82) is 0 Å². The number of carbonyl (C=O) groups excluding carboxylic acids is 1. The van der Waals surface area contributed by atoms with E-state index in [0.717, 1.165) is 0 Å². The lowest BCUT2D eigenvalue weighted by molar-refractivity contribution is 0.0516. The molecule has 0 saturated carbocycles. The largest absolute Gasteiger partial charge is 0.505 e. The SMILES string of the molecule is CCOC(=O)c1ncc2nc(Oc3ccc(F)cc3)ccc2c1O. The topological polar surface area (TPSA) is 81.5 Å². The van der Waals surface area contributed by atoms with Gasteiger partial charge in [-0.2, -0.15) is 0 Å². The molecule has 0 bridgehead atoms. The summed E-state index contributed by atoms with van der Waals surface area (Å²) in [6.07, 6.45) is 1.35. The number of halogens is 1. The second-order valence-electron chi connectivity index (χ2n) is 4.81. The third-order valence-corrected chi connectivity index (χ3v) is 3.20. The van der Waals surface area contributed by atoms with E-state index in [0.29, 0.717) is 16.7 Å². The van der Waals surface area contributed by atoms with Crippen molar-refractivity contribution < 1.29 is 23.8 Å². The number of carbonyl (C=O) groups is 1. The molecule has 3 aromatic rings. The summed E-state index contributed by atoms with van der Waals surface area (Å²) < 4.78 is 23.2. The maximum atomic E-state index is 12.9. The first kappa shape index (κ1) is 15.7. The van der Waals surface area contributed by atoms with Gasteiger partial charge in [-0.05, 0) is 37.3 Å². The molecule has 0 atom stereocenters. The van der Waals surface area contributed by atoms with Crippen molar-refractivity contribution in [3.05, 3.63) is 54.1 Å². The minimum Gasteiger partial charge on any atom is -0.505 e. The van der Waals surface area contributed by atoms with Crippen LogP contribution in [0.3, 0.4) is 0 Å². The third-order valence-electron chi connectivity index (χ3n) is 3.20. The first-order chi connectivity index (χ1) is 11.6. The van der Waals surface area contributed by atoms with E-state index in [4.69, 9.17) is 9.47 Å². The molecule has 0 saturated heterocycles. The van der Waals surface area contributed by atoms with Gasteiger partial charge in [0.2, 0.25) is 5.88 Å². The summed E-state index contributed by atoms with van der Waals surface area (Å²) in [7, 11) is 0. The second kappa shape index (κ2) is 6.49. The number of aromatic hydroxyl groups is 1. The van der Waals surface area contributed by atoms with E-state index in [1.54, 1.807) is 13.0 Å². The monoisotopic (exact) mass is 328 g/mol. The molecule has 0 unspecified atom stereocenters. The van der Waals surface area contributed by atoms with Crippen molar-refractivity contribution >= 4 is 16.9 Å². The van der Waals surface area contributed by atoms with Crippen LogP contribution in [0, 0.1) is 5.82 Å². The average Bonchev–Trinajstić information content (AvgIpc) is 2.57. The van der Waals surface area contributed by atoms with Gasteiger partial charge in [0.05, 0.1) is 18.3 Å². The molecule has 7 heteroatoms. The summed E-state index contributed by atoms with van der Waals surface area (Å²) in [6.45, 7) is 1.84. The zero-order valence-electron chi connectivity index (χ0n) is 12.7. The molecule has 1 N–H and O–H groups in total. The molecule has 0 aliphatic rings. The van der Waals surface area contributed by atoms with E-state index in [9.17, 15) is 14.3 Å². The number of fused-ring (bicyclic) bond motifs is 1. The molecule has 122 valence electrons. The minimum atomic E-state index is -0.705. The summed E-state index contributed by atoms with van der Waals surface area (Å²) in [4.78, 5) is 19.8. The van der Waals surface area contributed by atoms with Crippen LogP contribution in [0.5, 0.6) is 17.4 Å². The Hall–Kier alpha value is -3.22. The number of aromatic nitrogens is 2. The summed E-state index contributed by atoms with van der Waals surface area (Å²) in [5.74, 6) is -0.701. The zero-order chi connectivity index (χ0) is 17.1. The van der Waals surface area contributed by atoms with E-state index >= 15 is 0 Å². The van der Waals surface area contributed by atoms with Crippen LogP contribution < -0.4 is 4.74 Å². The summed E-state index contributed by atoms with van der Waals surface area (Å²) in [6, 6.07) is 8.58. The van der Waals surface area contributed by atoms with E-state index in [2.05, 4.69) is 9.97 Å². The zero-order valence-corrected chi connectivity index (χ0v) is 12.7. The fraction of sp³-hybridized carbons (Fsp3) is 0.118. The first-order valence-corrected chi connectivity index (χ1v) is 7.17. The van der Waals surface area contributed by atoms with Gasteiger partial charge in [-0.25, -0.2) is 19.2 Å². The van der Waals surface area contributed by atoms with Crippen molar-refractivity contribution in [3.8, 4) is 17.4 Å². The number of nitrogens with zero attached hydrogens (tertiary/aromatic N) is 2. The lowest BCUT2D eigenvalue weighted by Gasteiger charge is -2.08. The molecule has 0 fully saturated rings. The number of esters is 1. The Morgan fingerprint density at radius 3 is 2.67 bits per heavy atom. The number of benzene rings is 1. The average molecular weight is 328 g/mol. The number of pyridine rings is 2. The van der Waals surface area contributed by atoms with E-state index in [1.165, 1.54) is 36.5 Å². The van der Waals surface area contributed by atoms with Gasteiger partial charge >= 0.3 is 5.97 Å². The molecule has 24 heavy (non-hydrogen) atoms. The molecular weight excluding hydrogens is 315 g/mol. The van der Waals surface area contributed by atoms with Crippen LogP contribution in [0.25, 0.3) is 10.9 Å². The van der Waals surface area contributed by atoms with Crippen molar-refractivity contribution in [2.45, 2.75) is 6.92 Å². The normalized spacial score (nSPS) is 10.6. The highest BCUT2D eigenvalue weighted by Crippen LogP contribution is 2.29. The highest BCUT2D eigenvalue weighted by molar-refractivity contribution is 5.97. The van der Waals surface area contributed by atoms with E-state index < -0.39 is 5.97 Å². The lowest BCUT2D eigenvalue weighted by atomic mass is 10.2. The number of hydrogen-bond donors (Lipinski definition) is 1. The number of ether oxygens (including phenoxy) is 2. The van der Waals surface area contributed by atoms with Gasteiger partial charge in [-0.3, -0.25) is 0 Å². The van der Waals surface area contributed by atoms with Gasteiger partial charge in [0, 0.05) is 11.5 Å². The second-order valence-corrected chi connectivity index (χ2v) is 4.81. The Morgan fingerprint density at radius 1 is 1.21 bits per heavy atom. The molecule has 0 aliphatic heterocycles. The number of rotatable bonds is 4. The molecule has 6 nitrogen and oxygen atoms in total. The van der Waals surface area contributed by atoms with Crippen LogP contribution in [-0.2, 0) is 4.74 Å². The molecule has 3 rings (SSSR count). The van der Waals surface area contributed by atoms with Crippen LogP contribution in [0.2, 0.25) is 0 Å². The Morgan fingerprint density at radius 2 is 1.96 bits per heavy atom. The van der Waals surface area contributed by atoms with Gasteiger partial charge in [-0.15, -0.1) is 0 Å². The lowest BCUT2D eigenvalue weighted by Crippen LogP contribution is -2.07. The molecular formula is C17H13FN2O4. The molecule has 0 radical (unpaired) electrons. The van der Waals surface area contributed by atoms with Crippen molar-refractivity contribution in [2.24, 2.45) is 0 Å². The van der Waals surface area contributed by atoms with Gasteiger partial charge < -0.3 is 14.6 Å². The fourth-order valence-corrected chi connectivity index (χ4v) is 2.10. The molecule has 2 heterocycles. The van der Waals surface area contributed by atoms with Gasteiger partial charge in [-0.1, -0.05) is 0 Å². The predicted molar refractivity (Wildman–Crippen MR) is 83.6 cm³/mol. The molecule has 1 aromatic carbocycles. The summed E-state index contributed by atoms with van der Waals surface area (Å²) >= 11 is 0. The Balaban J connectivity index is 1.93. The maximum absolute atomic E-state index is 12.9. The van der Waals surface area contributed by atoms with Crippen molar-refractivity contribution in [1.82, 2.24) is 9.97 Å². The van der Waals surface area contributed by atoms with Crippen molar-refractivity contribution in [3.63, 3.8) is 0 Å². The van der Waals surface area contributed by atoms with E-state index in [1.807, 2.05) is 0 Å². The molecule has 0 amide bonds. The van der Waals surface area contributed by atoms with Gasteiger partial charge in [0.1, 0.15) is 11.6 Å². The Labute approximate surface area is 136 Å². The molecule has 0 spiro atoms. The van der Waals surface area contributed by atoms with E-state index in [-0.39, 0.29) is 29.7 Å². The van der Waals surface area contributed by atoms with Crippen LogP contribution in [0.4, 0.5) is 4.39 Å². The van der Waals surface area contributed by atoms with Crippen LogP contribution >= 0.6 is 0 Å². The molecule has 2 aromatic heterocycles. The minimum absolute atomic E-state index is 0.168. The summed E-state index contributed by atoms with van der Waals surface area (Å²) in [5, 5.41) is 10.5. The standard InChI is InChI=1S/C17H13FN2O4/c1-2-23-17(22)15-16(21)12-7-8-14(20-13(12)9-19-15)24-11-5-3-10(18)4-6-11/h3-9,21H,2H2,1H3. The van der Waals surface area contributed by atoms with Gasteiger partial charge in [0.15, 0.2) is 11.4 Å². The third kappa shape index (κ3) is 3.10. The van der Waals surface area contributed by atoms with Crippen LogP contribution in [0.15, 0.2) is 42.6 Å². The Bertz CT molecular complexity index is 897. The molecule has 0 aliphatic carbocycles. The maximum Gasteiger partial charge on any atom is 0.360 e. The van der Waals surface area contributed by atoms with Crippen LogP contribution in [0.1, 0.15) is 17.4 Å². The predicted octanol–water partition coefficient (Wildman–Crippen LogP) is 3.44. The van der Waals surface area contributed by atoms with Crippen molar-refractivity contribution in [2.75, 3.05) is 6.61 Å². The summed E-state index contributed by atoms with van der Waals surface area (Å²) in [5.41, 5.74) is 0.179. The first-order valence-electron chi connectivity index (χ1n) is 7.17. The highest BCUT2D eigenvalue weighted by Gasteiger charge is 2.17.